The second-order valence-electron chi connectivity index (χ2n) is 4.87. The van der Waals surface area contributed by atoms with E-state index >= 15 is 0 Å². The van der Waals surface area contributed by atoms with E-state index in [4.69, 9.17) is 17.3 Å². The quantitative estimate of drug-likeness (QED) is 0.355. The number of nitrogens with two attached hydrogens (primary N) is 1. The summed E-state index contributed by atoms with van der Waals surface area (Å²) in [6, 6.07) is 12.6. The Bertz CT molecular complexity index is 918. The van der Waals surface area contributed by atoms with Gasteiger partial charge in [0.25, 0.3) is 11.4 Å². The van der Waals surface area contributed by atoms with E-state index in [1.54, 1.807) is 29.5 Å². The Morgan fingerprint density at radius 1 is 1.00 bits per heavy atom. The summed E-state index contributed by atoms with van der Waals surface area (Å²) < 4.78 is 0. The third-order valence-electron chi connectivity index (χ3n) is 3.09. The Hall–Kier alpha value is -3.17. The van der Waals surface area contributed by atoms with Crippen molar-refractivity contribution in [1.82, 2.24) is 0 Å². The maximum Gasteiger partial charge on any atom is 0.293 e. The number of nitro groups is 2. The zero-order valence-electron chi connectivity index (χ0n) is 13.2. The lowest BCUT2D eigenvalue weighted by atomic mass is 10.2. The second-order valence-corrected chi connectivity index (χ2v) is 6.09. The zero-order valence-corrected chi connectivity index (χ0v) is 14.7. The minimum Gasteiger partial charge on any atom is -0.393 e. The molecule has 0 radical (unpaired) electrons. The van der Waals surface area contributed by atoms with Crippen LogP contribution in [0.1, 0.15) is 0 Å². The Morgan fingerprint density at radius 2 is 1.69 bits per heavy atom. The van der Waals surface area contributed by atoms with Gasteiger partial charge in [-0.15, -0.1) is 0 Å². The predicted octanol–water partition coefficient (Wildman–Crippen LogP) is 5.23. The molecule has 0 atom stereocenters. The number of nitrogens with zero attached hydrogens (tertiary/aromatic N) is 2. The Balaban J connectivity index is 0.000000197. The Kier molecular flexibility index (Phi) is 6.48. The van der Waals surface area contributed by atoms with E-state index in [1.165, 1.54) is 24.3 Å². The maximum absolute atomic E-state index is 10.7. The molecule has 26 heavy (non-hydrogen) atoms. The zero-order chi connectivity index (χ0) is 19.1. The van der Waals surface area contributed by atoms with Gasteiger partial charge in [-0.25, -0.2) is 0 Å². The monoisotopic (exact) mass is 392 g/mol. The number of nitrogen functional groups attached to an aromatic ring is 1. The molecular weight excluding hydrogens is 380 g/mol. The van der Waals surface area contributed by atoms with Crippen molar-refractivity contribution in [3.05, 3.63) is 84.5 Å². The first kappa shape index (κ1) is 19.2. The molecule has 0 saturated heterocycles. The summed E-state index contributed by atoms with van der Waals surface area (Å²) >= 11 is 7.04. The number of anilines is 3. The van der Waals surface area contributed by atoms with Crippen molar-refractivity contribution in [2.24, 2.45) is 0 Å². The fourth-order valence-electron chi connectivity index (χ4n) is 1.90. The van der Waals surface area contributed by atoms with Crippen molar-refractivity contribution in [3.63, 3.8) is 0 Å². The summed E-state index contributed by atoms with van der Waals surface area (Å²) in [6.45, 7) is 0. The molecule has 0 spiro atoms. The smallest absolute Gasteiger partial charge is 0.293 e. The SMILES string of the molecule is Nc1ccc(Cl)cc1[N+](=O)[O-].O=[N+]([O-])c1ccccc1Nc1ccsc1. The molecule has 3 rings (SSSR count). The number of para-hydroxylation sites is 2. The van der Waals surface area contributed by atoms with E-state index in [0.29, 0.717) is 10.7 Å². The number of thiophene rings is 1. The first-order valence-electron chi connectivity index (χ1n) is 7.10. The van der Waals surface area contributed by atoms with Gasteiger partial charge in [0.05, 0.1) is 9.85 Å². The molecule has 3 aromatic rings. The van der Waals surface area contributed by atoms with Gasteiger partial charge < -0.3 is 11.1 Å². The van der Waals surface area contributed by atoms with Crippen LogP contribution in [-0.2, 0) is 0 Å². The number of hydrogen-bond acceptors (Lipinski definition) is 7. The molecular formula is C16H13ClN4O4S. The highest BCUT2D eigenvalue weighted by Crippen LogP contribution is 2.27. The molecule has 1 aromatic heterocycles. The first-order chi connectivity index (χ1) is 12.4. The molecule has 3 N–H and O–H groups in total. The van der Waals surface area contributed by atoms with E-state index in [9.17, 15) is 20.2 Å². The van der Waals surface area contributed by atoms with Crippen LogP contribution >= 0.6 is 22.9 Å². The molecule has 1 heterocycles. The molecule has 0 fully saturated rings. The van der Waals surface area contributed by atoms with Crippen molar-refractivity contribution in [1.29, 1.82) is 0 Å². The molecule has 0 unspecified atom stereocenters. The van der Waals surface area contributed by atoms with Gasteiger partial charge >= 0.3 is 0 Å². The summed E-state index contributed by atoms with van der Waals surface area (Å²) in [4.78, 5) is 20.0. The Labute approximate surface area is 157 Å². The average molecular weight is 393 g/mol. The van der Waals surface area contributed by atoms with Crippen molar-refractivity contribution < 1.29 is 9.85 Å². The number of hydrogen-bond donors (Lipinski definition) is 2. The normalized spacial score (nSPS) is 9.73. The summed E-state index contributed by atoms with van der Waals surface area (Å²) in [6.07, 6.45) is 0. The van der Waals surface area contributed by atoms with Crippen LogP contribution in [0.2, 0.25) is 5.02 Å². The molecule has 8 nitrogen and oxygen atoms in total. The molecule has 0 aliphatic heterocycles. The van der Waals surface area contributed by atoms with Gasteiger partial charge in [0.1, 0.15) is 11.4 Å². The van der Waals surface area contributed by atoms with Crippen LogP contribution in [-0.4, -0.2) is 9.85 Å². The van der Waals surface area contributed by atoms with E-state index in [-0.39, 0.29) is 17.1 Å². The third kappa shape index (κ3) is 5.16. The largest absolute Gasteiger partial charge is 0.393 e. The van der Waals surface area contributed by atoms with E-state index < -0.39 is 9.85 Å². The minimum absolute atomic E-state index is 0.0868. The van der Waals surface area contributed by atoms with Crippen LogP contribution in [0.4, 0.5) is 28.4 Å². The van der Waals surface area contributed by atoms with Gasteiger partial charge in [0, 0.05) is 28.2 Å². The van der Waals surface area contributed by atoms with Crippen LogP contribution in [0.25, 0.3) is 0 Å². The number of rotatable bonds is 4. The number of benzene rings is 2. The van der Waals surface area contributed by atoms with Gasteiger partial charge in [-0.2, -0.15) is 11.3 Å². The number of halogens is 1. The standard InChI is InChI=1S/C10H8N2O2S.C6H5ClN2O2/c13-12(14)10-4-2-1-3-9(10)11-8-5-6-15-7-8;7-4-1-2-5(8)6(3-4)9(10)11/h1-7,11H;1-3H,8H2. The van der Waals surface area contributed by atoms with E-state index in [2.05, 4.69) is 5.32 Å². The molecule has 134 valence electrons. The van der Waals surface area contributed by atoms with Gasteiger partial charge in [-0.3, -0.25) is 20.2 Å². The van der Waals surface area contributed by atoms with Crippen LogP contribution in [0.3, 0.4) is 0 Å². The predicted molar refractivity (Wildman–Crippen MR) is 103 cm³/mol. The number of nitrogens with one attached hydrogen (secondary N) is 1. The van der Waals surface area contributed by atoms with Gasteiger partial charge in [0.15, 0.2) is 0 Å². The van der Waals surface area contributed by atoms with Gasteiger partial charge in [-0.1, -0.05) is 23.7 Å². The third-order valence-corrected chi connectivity index (χ3v) is 4.01. The fourth-order valence-corrected chi connectivity index (χ4v) is 2.66. The highest BCUT2D eigenvalue weighted by molar-refractivity contribution is 7.08. The first-order valence-corrected chi connectivity index (χ1v) is 8.42. The van der Waals surface area contributed by atoms with Crippen molar-refractivity contribution in [2.75, 3.05) is 11.1 Å². The van der Waals surface area contributed by atoms with Crippen molar-refractivity contribution in [2.45, 2.75) is 0 Å². The highest BCUT2D eigenvalue weighted by Gasteiger charge is 2.12. The second kappa shape index (κ2) is 8.79. The van der Waals surface area contributed by atoms with Crippen LogP contribution < -0.4 is 11.1 Å². The lowest BCUT2D eigenvalue weighted by molar-refractivity contribution is -0.384. The summed E-state index contributed by atoms with van der Waals surface area (Å²) in [5.74, 6) is 0. The molecule has 10 heteroatoms. The molecule has 0 bridgehead atoms. The highest BCUT2D eigenvalue weighted by atomic mass is 35.5. The van der Waals surface area contributed by atoms with Gasteiger partial charge in [0.2, 0.25) is 0 Å². The average Bonchev–Trinajstić information content (AvgIpc) is 3.11. The van der Waals surface area contributed by atoms with E-state index in [0.717, 1.165) is 5.69 Å². The van der Waals surface area contributed by atoms with Crippen molar-refractivity contribution >= 4 is 51.4 Å². The van der Waals surface area contributed by atoms with Gasteiger partial charge in [-0.05, 0) is 29.6 Å². The van der Waals surface area contributed by atoms with Crippen LogP contribution in [0.15, 0.2) is 59.3 Å². The molecule has 0 saturated carbocycles. The fraction of sp³-hybridized carbons (Fsp3) is 0. The maximum atomic E-state index is 10.7. The summed E-state index contributed by atoms with van der Waals surface area (Å²) in [5, 5.41) is 28.1. The number of nitro benzene ring substituents is 2. The summed E-state index contributed by atoms with van der Waals surface area (Å²) in [5.41, 5.74) is 6.73. The van der Waals surface area contributed by atoms with E-state index in [1.807, 2.05) is 16.8 Å². The molecule has 0 aliphatic rings. The summed E-state index contributed by atoms with van der Waals surface area (Å²) in [7, 11) is 0. The lowest BCUT2D eigenvalue weighted by Crippen LogP contribution is -1.95. The molecule has 2 aromatic carbocycles. The molecule has 0 aliphatic carbocycles. The minimum atomic E-state index is -0.568. The topological polar surface area (TPSA) is 124 Å². The Morgan fingerprint density at radius 3 is 2.27 bits per heavy atom. The van der Waals surface area contributed by atoms with Crippen molar-refractivity contribution in [3.8, 4) is 0 Å². The van der Waals surface area contributed by atoms with Crippen LogP contribution in [0.5, 0.6) is 0 Å². The van der Waals surface area contributed by atoms with Crippen LogP contribution in [0, 0.1) is 20.2 Å². The molecule has 0 amide bonds. The lowest BCUT2D eigenvalue weighted by Gasteiger charge is -2.03.